The van der Waals surface area contributed by atoms with Crippen LogP contribution in [0.2, 0.25) is 0 Å². The number of hydrogen-bond acceptors (Lipinski definition) is 6. The van der Waals surface area contributed by atoms with Crippen LogP contribution in [0.4, 0.5) is 5.69 Å². The molecule has 7 heteroatoms. The van der Waals surface area contributed by atoms with E-state index in [2.05, 4.69) is 0 Å². The van der Waals surface area contributed by atoms with Crippen molar-refractivity contribution in [2.24, 2.45) is 0 Å². The van der Waals surface area contributed by atoms with Crippen LogP contribution < -0.4 is 19.1 Å². The summed E-state index contributed by atoms with van der Waals surface area (Å²) in [6, 6.07) is 23.0. The Hall–Kier alpha value is -3.29. The first kappa shape index (κ1) is 23.9. The van der Waals surface area contributed by atoms with Crippen LogP contribution in [0.1, 0.15) is 17.5 Å². The van der Waals surface area contributed by atoms with E-state index in [1.54, 1.807) is 12.0 Å². The Morgan fingerprint density at radius 3 is 2.50 bits per heavy atom. The minimum atomic E-state index is -0.111. The summed E-state index contributed by atoms with van der Waals surface area (Å²) in [4.78, 5) is 15.2. The summed E-state index contributed by atoms with van der Waals surface area (Å²) in [5.41, 5.74) is 2.75. The summed E-state index contributed by atoms with van der Waals surface area (Å²) in [7, 11) is 1.62. The number of anilines is 1. The van der Waals surface area contributed by atoms with Crippen LogP contribution in [0.5, 0.6) is 17.2 Å². The second-order valence-corrected chi connectivity index (χ2v) is 9.31. The van der Waals surface area contributed by atoms with Crippen LogP contribution in [-0.4, -0.2) is 30.6 Å². The molecule has 3 aromatic carbocycles. The highest BCUT2D eigenvalue weighted by atomic mass is 32.2. The zero-order chi connectivity index (χ0) is 23.9. The van der Waals surface area contributed by atoms with Gasteiger partial charge in [-0.2, -0.15) is 0 Å². The number of ether oxygens (including phenoxy) is 3. The van der Waals surface area contributed by atoms with E-state index in [9.17, 15) is 4.79 Å². The van der Waals surface area contributed by atoms with Crippen molar-refractivity contribution in [2.45, 2.75) is 13.3 Å². The molecule has 0 bridgehead atoms. The number of hydrogen-bond donors (Lipinski definition) is 0. The largest absolute Gasteiger partial charge is 0.493 e. The number of nitrogens with zero attached hydrogens (tertiary/aromatic N) is 1. The smallest absolute Gasteiger partial charge is 0.270 e. The van der Waals surface area contributed by atoms with Crippen molar-refractivity contribution >= 4 is 46.0 Å². The fourth-order valence-electron chi connectivity index (χ4n) is 3.47. The first-order valence-electron chi connectivity index (χ1n) is 10.9. The van der Waals surface area contributed by atoms with Gasteiger partial charge >= 0.3 is 0 Å². The molecule has 4 rings (SSSR count). The number of aryl methyl sites for hydroxylation is 1. The molecular formula is C27H25NO4S2. The molecule has 0 N–H and O–H groups in total. The lowest BCUT2D eigenvalue weighted by Gasteiger charge is -2.14. The third-order valence-corrected chi connectivity index (χ3v) is 6.40. The van der Waals surface area contributed by atoms with Crippen molar-refractivity contribution in [3.05, 3.63) is 88.8 Å². The molecule has 0 aromatic heterocycles. The quantitative estimate of drug-likeness (QED) is 0.200. The van der Waals surface area contributed by atoms with Gasteiger partial charge in [-0.15, -0.1) is 0 Å². The van der Waals surface area contributed by atoms with E-state index in [4.69, 9.17) is 26.4 Å². The molecule has 34 heavy (non-hydrogen) atoms. The lowest BCUT2D eigenvalue weighted by atomic mass is 10.2. The fraction of sp³-hybridized carbons (Fsp3) is 0.185. The normalized spacial score (nSPS) is 14.5. The standard InChI is InChI=1S/C27H25NO4S2/c1-19-8-5-10-21(16-19)28-26(29)25(34-27(28)33)18-20-9-6-11-22(17-20)31-14-7-15-32-24-13-4-3-12-23(24)30-2/h3-6,8-13,16-18H,7,14-15H2,1-2H3. The number of rotatable bonds is 9. The van der Waals surface area contributed by atoms with Gasteiger partial charge in [-0.1, -0.05) is 60.4 Å². The van der Waals surface area contributed by atoms with Crippen molar-refractivity contribution in [3.63, 3.8) is 0 Å². The molecule has 0 aliphatic carbocycles. The van der Waals surface area contributed by atoms with E-state index >= 15 is 0 Å². The highest BCUT2D eigenvalue weighted by Gasteiger charge is 2.33. The molecule has 1 heterocycles. The summed E-state index contributed by atoms with van der Waals surface area (Å²) < 4.78 is 17.5. The predicted molar refractivity (Wildman–Crippen MR) is 142 cm³/mol. The summed E-state index contributed by atoms with van der Waals surface area (Å²) >= 11 is 6.79. The molecule has 1 saturated heterocycles. The third-order valence-electron chi connectivity index (χ3n) is 5.09. The van der Waals surface area contributed by atoms with Gasteiger partial charge in [0.25, 0.3) is 5.91 Å². The number of amides is 1. The SMILES string of the molecule is COc1ccccc1OCCCOc1cccc(C=C2SC(=S)N(c3cccc(C)c3)C2=O)c1. The van der Waals surface area contributed by atoms with E-state index in [-0.39, 0.29) is 5.91 Å². The molecule has 0 radical (unpaired) electrons. The van der Waals surface area contributed by atoms with Crippen molar-refractivity contribution in [1.29, 1.82) is 0 Å². The minimum Gasteiger partial charge on any atom is -0.493 e. The van der Waals surface area contributed by atoms with Crippen LogP contribution in [0.15, 0.2) is 77.7 Å². The molecule has 0 atom stereocenters. The van der Waals surface area contributed by atoms with E-state index in [1.165, 1.54) is 11.8 Å². The van der Waals surface area contributed by atoms with Gasteiger partial charge < -0.3 is 14.2 Å². The molecule has 1 amide bonds. The van der Waals surface area contributed by atoms with Gasteiger partial charge in [0.1, 0.15) is 5.75 Å². The van der Waals surface area contributed by atoms with E-state index in [0.29, 0.717) is 28.2 Å². The van der Waals surface area contributed by atoms with Gasteiger partial charge in [-0.05, 0) is 60.5 Å². The Balaban J connectivity index is 1.34. The van der Waals surface area contributed by atoms with Crippen LogP contribution in [0.3, 0.4) is 0 Å². The molecule has 1 aliphatic heterocycles. The lowest BCUT2D eigenvalue weighted by Crippen LogP contribution is -2.27. The molecule has 5 nitrogen and oxygen atoms in total. The Morgan fingerprint density at radius 1 is 0.941 bits per heavy atom. The maximum atomic E-state index is 13.0. The monoisotopic (exact) mass is 491 g/mol. The van der Waals surface area contributed by atoms with Gasteiger partial charge in [-0.3, -0.25) is 9.69 Å². The second kappa shape index (κ2) is 11.2. The number of carbonyl (C=O) groups excluding carboxylic acids is 1. The van der Waals surface area contributed by atoms with Crippen molar-refractivity contribution < 1.29 is 19.0 Å². The fourth-order valence-corrected chi connectivity index (χ4v) is 4.77. The van der Waals surface area contributed by atoms with E-state index in [1.807, 2.05) is 85.8 Å². The lowest BCUT2D eigenvalue weighted by molar-refractivity contribution is -0.113. The van der Waals surface area contributed by atoms with Crippen LogP contribution >= 0.6 is 24.0 Å². The van der Waals surface area contributed by atoms with Crippen LogP contribution in [0.25, 0.3) is 6.08 Å². The highest BCUT2D eigenvalue weighted by molar-refractivity contribution is 8.27. The van der Waals surface area contributed by atoms with Crippen molar-refractivity contribution in [2.75, 3.05) is 25.2 Å². The number of thiocarbonyl (C=S) groups is 1. The molecule has 0 saturated carbocycles. The number of para-hydroxylation sites is 2. The van der Waals surface area contributed by atoms with Crippen molar-refractivity contribution in [3.8, 4) is 17.2 Å². The van der Waals surface area contributed by atoms with Gasteiger partial charge in [-0.25, -0.2) is 0 Å². The highest BCUT2D eigenvalue weighted by Crippen LogP contribution is 2.36. The van der Waals surface area contributed by atoms with Crippen LogP contribution in [0, 0.1) is 6.92 Å². The molecule has 3 aromatic rings. The zero-order valence-corrected chi connectivity index (χ0v) is 20.7. The summed E-state index contributed by atoms with van der Waals surface area (Å²) in [5.74, 6) is 2.06. The first-order chi connectivity index (χ1) is 16.5. The molecule has 0 unspecified atom stereocenters. The van der Waals surface area contributed by atoms with Crippen molar-refractivity contribution in [1.82, 2.24) is 0 Å². The molecular weight excluding hydrogens is 466 g/mol. The van der Waals surface area contributed by atoms with Gasteiger partial charge in [0.05, 0.1) is 30.9 Å². The first-order valence-corrected chi connectivity index (χ1v) is 12.1. The number of thioether (sulfide) groups is 1. The Bertz CT molecular complexity index is 1220. The van der Waals surface area contributed by atoms with Gasteiger partial charge in [0, 0.05) is 6.42 Å². The Kier molecular flexibility index (Phi) is 7.87. The summed E-state index contributed by atoms with van der Waals surface area (Å²) in [6.07, 6.45) is 2.57. The minimum absolute atomic E-state index is 0.111. The molecule has 1 aliphatic rings. The van der Waals surface area contributed by atoms with Gasteiger partial charge in [0.15, 0.2) is 15.8 Å². The number of benzene rings is 3. The maximum absolute atomic E-state index is 13.0. The predicted octanol–water partition coefficient (Wildman–Crippen LogP) is 6.26. The van der Waals surface area contributed by atoms with Crippen LogP contribution in [-0.2, 0) is 4.79 Å². The third kappa shape index (κ3) is 5.79. The Labute approximate surface area is 209 Å². The second-order valence-electron chi connectivity index (χ2n) is 7.63. The number of methoxy groups -OCH3 is 1. The van der Waals surface area contributed by atoms with E-state index < -0.39 is 0 Å². The Morgan fingerprint density at radius 2 is 1.71 bits per heavy atom. The molecule has 1 fully saturated rings. The average Bonchev–Trinajstić information content (AvgIpc) is 3.11. The zero-order valence-electron chi connectivity index (χ0n) is 19.0. The summed E-state index contributed by atoms with van der Waals surface area (Å²) in [5, 5.41) is 0. The van der Waals surface area contributed by atoms with Gasteiger partial charge in [0.2, 0.25) is 0 Å². The summed E-state index contributed by atoms with van der Waals surface area (Å²) in [6.45, 7) is 3.02. The molecule has 0 spiro atoms. The average molecular weight is 492 g/mol. The van der Waals surface area contributed by atoms with E-state index in [0.717, 1.165) is 34.7 Å². The topological polar surface area (TPSA) is 48.0 Å². The number of carbonyl (C=O) groups is 1. The maximum Gasteiger partial charge on any atom is 0.270 e. The molecule has 174 valence electrons.